The molecular formula is C21H22F2N2O4S. The zero-order chi connectivity index (χ0) is 21.3. The van der Waals surface area contributed by atoms with Crippen LogP contribution in [0.1, 0.15) is 35.2 Å². The Labute approximate surface area is 174 Å². The van der Waals surface area contributed by atoms with Crippen LogP contribution in [0.25, 0.3) is 0 Å². The molecule has 1 amide bonds. The first kappa shape index (κ1) is 20.7. The number of ether oxygens (including phenoxy) is 1. The van der Waals surface area contributed by atoms with E-state index in [1.54, 1.807) is 12.1 Å². The Kier molecular flexibility index (Phi) is 5.75. The van der Waals surface area contributed by atoms with Crippen LogP contribution in [0, 0.1) is 0 Å². The van der Waals surface area contributed by atoms with Crippen LogP contribution < -0.4 is 9.64 Å². The van der Waals surface area contributed by atoms with Crippen LogP contribution in [0.15, 0.2) is 47.4 Å². The Balaban J connectivity index is 1.57. The third-order valence-corrected chi connectivity index (χ3v) is 7.35. The number of fused-ring (bicyclic) bond motifs is 1. The number of piperidine rings is 1. The van der Waals surface area contributed by atoms with E-state index < -0.39 is 16.6 Å². The fraction of sp³-hybridized carbons (Fsp3) is 0.381. The van der Waals surface area contributed by atoms with Crippen molar-refractivity contribution in [1.82, 2.24) is 4.31 Å². The van der Waals surface area contributed by atoms with Crippen LogP contribution in [0.3, 0.4) is 0 Å². The van der Waals surface area contributed by atoms with Gasteiger partial charge in [-0.3, -0.25) is 4.79 Å². The van der Waals surface area contributed by atoms with Crippen molar-refractivity contribution < 1.29 is 26.7 Å². The van der Waals surface area contributed by atoms with Gasteiger partial charge >= 0.3 is 6.61 Å². The van der Waals surface area contributed by atoms with Crippen LogP contribution in [0.5, 0.6) is 5.75 Å². The molecule has 0 saturated carbocycles. The first-order valence-electron chi connectivity index (χ1n) is 9.86. The maximum Gasteiger partial charge on any atom is 0.387 e. The minimum Gasteiger partial charge on any atom is -0.435 e. The molecule has 0 atom stereocenters. The molecule has 0 bridgehead atoms. The molecule has 0 N–H and O–H groups in total. The Morgan fingerprint density at radius 1 is 1.00 bits per heavy atom. The van der Waals surface area contributed by atoms with E-state index in [4.69, 9.17) is 0 Å². The summed E-state index contributed by atoms with van der Waals surface area (Å²) in [5.41, 5.74) is 1.64. The summed E-state index contributed by atoms with van der Waals surface area (Å²) in [5.74, 6) is -0.432. The van der Waals surface area contributed by atoms with Crippen molar-refractivity contribution in [3.8, 4) is 5.75 Å². The molecule has 1 fully saturated rings. The van der Waals surface area contributed by atoms with Gasteiger partial charge in [-0.15, -0.1) is 0 Å². The number of carbonyl (C=O) groups is 1. The van der Waals surface area contributed by atoms with Crippen molar-refractivity contribution >= 4 is 21.6 Å². The second kappa shape index (κ2) is 8.31. The summed E-state index contributed by atoms with van der Waals surface area (Å²) in [6, 6.07) is 10.5. The zero-order valence-electron chi connectivity index (χ0n) is 16.3. The summed E-state index contributed by atoms with van der Waals surface area (Å²) < 4.78 is 56.6. The Morgan fingerprint density at radius 3 is 2.50 bits per heavy atom. The minimum atomic E-state index is -3.55. The molecule has 0 spiro atoms. The topological polar surface area (TPSA) is 66.9 Å². The molecule has 2 aliphatic rings. The lowest BCUT2D eigenvalue weighted by atomic mass is 10.1. The molecule has 0 unspecified atom stereocenters. The molecule has 6 nitrogen and oxygen atoms in total. The largest absolute Gasteiger partial charge is 0.435 e. The van der Waals surface area contributed by atoms with Gasteiger partial charge in [0.25, 0.3) is 5.91 Å². The molecule has 30 heavy (non-hydrogen) atoms. The first-order chi connectivity index (χ1) is 14.4. The highest BCUT2D eigenvalue weighted by molar-refractivity contribution is 7.89. The van der Waals surface area contributed by atoms with Gasteiger partial charge in [0, 0.05) is 30.9 Å². The minimum absolute atomic E-state index is 0.0850. The second-order valence-electron chi connectivity index (χ2n) is 7.37. The van der Waals surface area contributed by atoms with E-state index in [0.29, 0.717) is 31.7 Å². The van der Waals surface area contributed by atoms with E-state index in [2.05, 4.69) is 4.74 Å². The number of sulfonamides is 1. The van der Waals surface area contributed by atoms with E-state index >= 15 is 0 Å². The van der Waals surface area contributed by atoms with Crippen molar-refractivity contribution in [2.75, 3.05) is 24.5 Å². The molecule has 0 radical (unpaired) electrons. The van der Waals surface area contributed by atoms with Crippen molar-refractivity contribution in [1.29, 1.82) is 0 Å². The summed E-state index contributed by atoms with van der Waals surface area (Å²) in [4.78, 5) is 14.7. The number of anilines is 1. The maximum atomic E-state index is 12.9. The van der Waals surface area contributed by atoms with E-state index in [9.17, 15) is 22.0 Å². The van der Waals surface area contributed by atoms with Crippen molar-refractivity contribution in [3.05, 3.63) is 53.6 Å². The van der Waals surface area contributed by atoms with Gasteiger partial charge in [0.1, 0.15) is 5.75 Å². The standard InChI is InChI=1S/C21H22F2N2O4S/c22-21(23)29-17-6-4-5-16(13-17)20(26)25-12-9-15-14-18(7-8-19(15)25)30(27,28)24-10-2-1-3-11-24/h4-8,13-14,21H,1-3,9-12H2. The highest BCUT2D eigenvalue weighted by Gasteiger charge is 2.30. The van der Waals surface area contributed by atoms with E-state index in [0.717, 1.165) is 24.8 Å². The maximum absolute atomic E-state index is 12.9. The SMILES string of the molecule is O=C(c1cccc(OC(F)F)c1)N1CCc2cc(S(=O)(=O)N3CCCCC3)ccc21. The third kappa shape index (κ3) is 4.04. The highest BCUT2D eigenvalue weighted by atomic mass is 32.2. The van der Waals surface area contributed by atoms with Gasteiger partial charge in [-0.05, 0) is 61.2 Å². The molecule has 1 saturated heterocycles. The van der Waals surface area contributed by atoms with Gasteiger partial charge in [-0.2, -0.15) is 13.1 Å². The number of halogens is 2. The van der Waals surface area contributed by atoms with Gasteiger partial charge in [-0.1, -0.05) is 12.5 Å². The first-order valence-corrected chi connectivity index (χ1v) is 11.3. The Bertz CT molecular complexity index is 1050. The summed E-state index contributed by atoms with van der Waals surface area (Å²) in [7, 11) is -3.55. The lowest BCUT2D eigenvalue weighted by Crippen LogP contribution is -2.35. The molecule has 2 aromatic carbocycles. The number of amides is 1. The fourth-order valence-electron chi connectivity index (χ4n) is 3.97. The molecule has 0 aliphatic carbocycles. The lowest BCUT2D eigenvalue weighted by molar-refractivity contribution is -0.0498. The van der Waals surface area contributed by atoms with Gasteiger partial charge in [0.2, 0.25) is 10.0 Å². The number of alkyl halides is 2. The summed E-state index contributed by atoms with van der Waals surface area (Å²) in [5, 5.41) is 0. The number of carbonyl (C=O) groups excluding carboxylic acids is 1. The van der Waals surface area contributed by atoms with Crippen LogP contribution in [-0.4, -0.2) is 44.9 Å². The number of rotatable bonds is 5. The summed E-state index contributed by atoms with van der Waals surface area (Å²) >= 11 is 0. The fourth-order valence-corrected chi connectivity index (χ4v) is 5.53. The van der Waals surface area contributed by atoms with Crippen molar-refractivity contribution in [2.24, 2.45) is 0 Å². The molecule has 2 aromatic rings. The predicted molar refractivity (Wildman–Crippen MR) is 108 cm³/mol. The molecule has 2 heterocycles. The average molecular weight is 436 g/mol. The molecule has 0 aromatic heterocycles. The van der Waals surface area contributed by atoms with Gasteiger partial charge in [0.15, 0.2) is 0 Å². The normalized spacial score (nSPS) is 17.2. The molecule has 9 heteroatoms. The van der Waals surface area contributed by atoms with E-state index in [1.807, 2.05) is 0 Å². The van der Waals surface area contributed by atoms with E-state index in [-0.39, 0.29) is 22.1 Å². The highest BCUT2D eigenvalue weighted by Crippen LogP contribution is 2.33. The number of benzene rings is 2. The smallest absolute Gasteiger partial charge is 0.387 e. The summed E-state index contributed by atoms with van der Waals surface area (Å²) in [6.07, 6.45) is 3.29. The van der Waals surface area contributed by atoms with Crippen LogP contribution in [-0.2, 0) is 16.4 Å². The predicted octanol–water partition coefficient (Wildman–Crippen LogP) is 3.67. The summed E-state index contributed by atoms with van der Waals surface area (Å²) in [6.45, 7) is -1.52. The zero-order valence-corrected chi connectivity index (χ0v) is 17.1. The van der Waals surface area contributed by atoms with Gasteiger partial charge in [0.05, 0.1) is 4.90 Å². The van der Waals surface area contributed by atoms with Gasteiger partial charge < -0.3 is 9.64 Å². The third-order valence-electron chi connectivity index (χ3n) is 5.45. The van der Waals surface area contributed by atoms with Crippen LogP contribution >= 0.6 is 0 Å². The van der Waals surface area contributed by atoms with Crippen LogP contribution in [0.2, 0.25) is 0 Å². The molecule has 160 valence electrons. The van der Waals surface area contributed by atoms with Crippen LogP contribution in [0.4, 0.5) is 14.5 Å². The molecular weight excluding hydrogens is 414 g/mol. The quantitative estimate of drug-likeness (QED) is 0.718. The lowest BCUT2D eigenvalue weighted by Gasteiger charge is -2.26. The molecule has 2 aliphatic heterocycles. The number of nitrogens with zero attached hydrogens (tertiary/aromatic N) is 2. The monoisotopic (exact) mass is 436 g/mol. The second-order valence-corrected chi connectivity index (χ2v) is 9.31. The Morgan fingerprint density at radius 2 is 1.77 bits per heavy atom. The van der Waals surface area contributed by atoms with Gasteiger partial charge in [-0.25, -0.2) is 8.42 Å². The number of hydrogen-bond acceptors (Lipinski definition) is 4. The van der Waals surface area contributed by atoms with Crippen molar-refractivity contribution in [2.45, 2.75) is 37.2 Å². The number of hydrogen-bond donors (Lipinski definition) is 0. The average Bonchev–Trinajstić information content (AvgIpc) is 3.17. The molecule has 4 rings (SSSR count). The Hall–Kier alpha value is -2.52. The van der Waals surface area contributed by atoms with Crippen molar-refractivity contribution in [3.63, 3.8) is 0 Å². The van der Waals surface area contributed by atoms with E-state index in [1.165, 1.54) is 39.5 Å².